The van der Waals surface area contributed by atoms with E-state index in [4.69, 9.17) is 38.8 Å². The summed E-state index contributed by atoms with van der Waals surface area (Å²) < 4.78 is 122. The zero-order valence-electron chi connectivity index (χ0n) is 19.0. The standard InChI is InChI=1S/C20H18N2.2CHF3O3S/c1-3-5-15-21-17-9-7-11-19(21)13-14-20-12-8-10-18-22(20)16-6-4-2;2*2-1(3,4)8(5,6)7/h1-2,7-12,17-18H,5-6,15-16H2;2*(H,5,6,7)/q+2;;/p-2. The fraction of sp³-hybridized carbons (Fsp3) is 0.273. The Morgan fingerprint density at radius 3 is 1.21 bits per heavy atom. The molecular weight excluding hydrogens is 566 g/mol. The smallest absolute Gasteiger partial charge is 0.485 e. The summed E-state index contributed by atoms with van der Waals surface area (Å²) >= 11 is 0. The van der Waals surface area contributed by atoms with Crippen molar-refractivity contribution in [1.82, 2.24) is 0 Å². The van der Waals surface area contributed by atoms with Gasteiger partial charge in [-0.05, 0) is 12.1 Å². The van der Waals surface area contributed by atoms with Gasteiger partial charge in [0.1, 0.15) is 0 Å². The van der Waals surface area contributed by atoms with Crippen LogP contribution in [-0.4, -0.2) is 37.0 Å². The van der Waals surface area contributed by atoms with Crippen LogP contribution in [0, 0.1) is 36.5 Å². The third-order valence-electron chi connectivity index (χ3n) is 3.76. The van der Waals surface area contributed by atoms with E-state index < -0.39 is 31.3 Å². The van der Waals surface area contributed by atoms with Crippen LogP contribution < -0.4 is 9.13 Å². The molecule has 0 aliphatic rings. The summed E-state index contributed by atoms with van der Waals surface area (Å²) in [6.07, 6.45) is 16.1. The van der Waals surface area contributed by atoms with Crippen molar-refractivity contribution in [3.63, 3.8) is 0 Å². The number of hydrogen-bond donors (Lipinski definition) is 0. The largest absolute Gasteiger partial charge is 0.741 e. The highest BCUT2D eigenvalue weighted by atomic mass is 32.2. The maximum absolute atomic E-state index is 10.7. The summed E-state index contributed by atoms with van der Waals surface area (Å²) in [4.78, 5) is 0. The van der Waals surface area contributed by atoms with Gasteiger partial charge in [-0.2, -0.15) is 35.5 Å². The van der Waals surface area contributed by atoms with Gasteiger partial charge in [0.2, 0.25) is 0 Å². The summed E-state index contributed by atoms with van der Waals surface area (Å²) in [7, 11) is -12.2. The molecule has 2 aromatic heterocycles. The Bertz CT molecular complexity index is 1320. The maximum Gasteiger partial charge on any atom is 0.485 e. The van der Waals surface area contributed by atoms with Crippen LogP contribution in [0.2, 0.25) is 0 Å². The lowest BCUT2D eigenvalue weighted by Gasteiger charge is -2.08. The van der Waals surface area contributed by atoms with Crippen molar-refractivity contribution < 1.29 is 61.4 Å². The predicted molar refractivity (Wildman–Crippen MR) is 118 cm³/mol. The van der Waals surface area contributed by atoms with Crippen LogP contribution in [0.4, 0.5) is 26.3 Å². The van der Waals surface area contributed by atoms with E-state index in [0.29, 0.717) is 12.8 Å². The van der Waals surface area contributed by atoms with Gasteiger partial charge in [0.05, 0.1) is 12.8 Å². The maximum atomic E-state index is 10.7. The lowest BCUT2D eigenvalue weighted by atomic mass is 10.2. The summed E-state index contributed by atoms with van der Waals surface area (Å²) in [5, 5.41) is 0. The Balaban J connectivity index is 0.000000705. The molecule has 2 aromatic rings. The van der Waals surface area contributed by atoms with Crippen LogP contribution in [0.3, 0.4) is 0 Å². The van der Waals surface area contributed by atoms with Gasteiger partial charge < -0.3 is 9.11 Å². The predicted octanol–water partition coefficient (Wildman–Crippen LogP) is 1.81. The Labute approximate surface area is 215 Å². The Morgan fingerprint density at radius 2 is 0.974 bits per heavy atom. The fourth-order valence-electron chi connectivity index (χ4n) is 2.07. The van der Waals surface area contributed by atoms with E-state index in [-0.39, 0.29) is 0 Å². The van der Waals surface area contributed by atoms with E-state index in [1.807, 2.05) is 48.8 Å². The zero-order chi connectivity index (χ0) is 29.6. The SMILES string of the molecule is C#CCC[n+]1ccccc1C#Cc1cccc[n+]1CCC#C.O=S(=O)([O-])C(F)(F)F.O=S(=O)([O-])C(F)(F)F. The number of nitrogens with zero attached hydrogens (tertiary/aromatic N) is 2. The van der Waals surface area contributed by atoms with Gasteiger partial charge in [-0.25, -0.2) is 16.8 Å². The molecule has 0 radical (unpaired) electrons. The average Bonchev–Trinajstić information content (AvgIpc) is 2.79. The highest BCUT2D eigenvalue weighted by Crippen LogP contribution is 2.21. The number of pyridine rings is 2. The summed E-state index contributed by atoms with van der Waals surface area (Å²) in [6.45, 7) is 1.54. The quantitative estimate of drug-likeness (QED) is 0.178. The number of halogens is 6. The summed E-state index contributed by atoms with van der Waals surface area (Å²) in [6, 6.07) is 11.9. The minimum atomic E-state index is -6.09. The first-order valence-corrected chi connectivity index (χ1v) is 12.6. The molecule has 0 fully saturated rings. The van der Waals surface area contributed by atoms with Crippen molar-refractivity contribution in [3.8, 4) is 36.5 Å². The third-order valence-corrected chi connectivity index (χ3v) is 4.89. The van der Waals surface area contributed by atoms with Gasteiger partial charge in [0, 0.05) is 36.1 Å². The monoisotopic (exact) mass is 584 g/mol. The van der Waals surface area contributed by atoms with Gasteiger partial charge in [-0.1, -0.05) is 0 Å². The Morgan fingerprint density at radius 1 is 0.684 bits per heavy atom. The third kappa shape index (κ3) is 13.1. The second kappa shape index (κ2) is 15.0. The van der Waals surface area contributed by atoms with Crippen LogP contribution in [0.5, 0.6) is 0 Å². The number of rotatable bonds is 4. The van der Waals surface area contributed by atoms with E-state index in [0.717, 1.165) is 24.5 Å². The molecule has 38 heavy (non-hydrogen) atoms. The number of terminal acetylenes is 2. The average molecular weight is 585 g/mol. The zero-order valence-corrected chi connectivity index (χ0v) is 20.7. The molecule has 8 nitrogen and oxygen atoms in total. The topological polar surface area (TPSA) is 122 Å². The van der Waals surface area contributed by atoms with E-state index in [9.17, 15) is 26.3 Å². The summed E-state index contributed by atoms with van der Waals surface area (Å²) in [5.74, 6) is 11.8. The molecule has 0 spiro atoms. The molecule has 0 aromatic carbocycles. The van der Waals surface area contributed by atoms with E-state index in [1.54, 1.807) is 0 Å². The lowest BCUT2D eigenvalue weighted by Crippen LogP contribution is -2.37. The summed E-state index contributed by atoms with van der Waals surface area (Å²) in [5.41, 5.74) is -9.39. The van der Waals surface area contributed by atoms with Crippen LogP contribution in [0.1, 0.15) is 24.2 Å². The highest BCUT2D eigenvalue weighted by molar-refractivity contribution is 7.86. The van der Waals surface area contributed by atoms with Crippen LogP contribution in [0.15, 0.2) is 48.8 Å². The van der Waals surface area contributed by atoms with Crippen LogP contribution in [0.25, 0.3) is 0 Å². The molecule has 0 amide bonds. The van der Waals surface area contributed by atoms with E-state index in [2.05, 4.69) is 32.8 Å². The number of aromatic nitrogens is 2. The Hall–Kier alpha value is -3.62. The number of hydrogen-bond acceptors (Lipinski definition) is 6. The van der Waals surface area contributed by atoms with Crippen LogP contribution in [-0.2, 0) is 33.3 Å². The van der Waals surface area contributed by atoms with Gasteiger partial charge in [-0.15, -0.1) is 24.7 Å². The van der Waals surface area contributed by atoms with Crippen molar-refractivity contribution in [2.75, 3.05) is 0 Å². The number of alkyl halides is 6. The normalized spacial score (nSPS) is 11.2. The van der Waals surface area contributed by atoms with Crippen molar-refractivity contribution in [2.45, 2.75) is 36.9 Å². The minimum Gasteiger partial charge on any atom is -0.741 e. The van der Waals surface area contributed by atoms with E-state index in [1.165, 1.54) is 0 Å². The molecule has 2 heterocycles. The molecule has 0 saturated heterocycles. The molecule has 2 rings (SSSR count). The molecular formula is C22H18F6N2O6S2. The minimum absolute atomic E-state index is 0.691. The van der Waals surface area contributed by atoms with Gasteiger partial charge >= 0.3 is 11.0 Å². The van der Waals surface area contributed by atoms with Gasteiger partial charge in [0.15, 0.2) is 45.7 Å². The second-order valence-electron chi connectivity index (χ2n) is 6.52. The molecule has 0 N–H and O–H groups in total. The Kier molecular flexibility index (Phi) is 13.5. The van der Waals surface area contributed by atoms with Crippen LogP contribution >= 0.6 is 0 Å². The second-order valence-corrected chi connectivity index (χ2v) is 9.26. The van der Waals surface area contributed by atoms with Gasteiger partial charge in [0.25, 0.3) is 11.4 Å². The molecule has 0 bridgehead atoms. The molecule has 0 aliphatic carbocycles. The molecule has 0 unspecified atom stereocenters. The first-order chi connectivity index (χ1) is 17.3. The van der Waals surface area contributed by atoms with Crippen molar-refractivity contribution in [2.24, 2.45) is 0 Å². The molecule has 206 valence electrons. The first kappa shape index (κ1) is 34.4. The number of aryl methyl sites for hydroxylation is 2. The van der Waals surface area contributed by atoms with Crippen molar-refractivity contribution >= 4 is 20.2 Å². The highest BCUT2D eigenvalue weighted by Gasteiger charge is 2.37. The molecule has 0 aliphatic heterocycles. The van der Waals surface area contributed by atoms with E-state index >= 15 is 0 Å². The van der Waals surface area contributed by atoms with Crippen molar-refractivity contribution in [3.05, 3.63) is 60.2 Å². The fourth-order valence-corrected chi connectivity index (χ4v) is 2.07. The first-order valence-electron chi connectivity index (χ1n) is 9.75. The molecule has 0 atom stereocenters. The molecule has 0 saturated carbocycles. The lowest BCUT2D eigenvalue weighted by molar-refractivity contribution is -0.699. The molecule has 16 heteroatoms. The van der Waals surface area contributed by atoms with Crippen molar-refractivity contribution in [1.29, 1.82) is 0 Å². The van der Waals surface area contributed by atoms with Gasteiger partial charge in [-0.3, -0.25) is 0 Å².